The summed E-state index contributed by atoms with van der Waals surface area (Å²) in [4.78, 5) is 18.4. The van der Waals surface area contributed by atoms with Gasteiger partial charge in [0.2, 0.25) is 0 Å². The van der Waals surface area contributed by atoms with Gasteiger partial charge in [-0.25, -0.2) is 0 Å². The molecule has 4 aromatic rings. The standard InChI is InChI=1S/C34H33N3O/c1-34(2)22-31-30(32(38)23-34)24-36(28-16-10-5-11-17-28)33(25-12-6-3-7-13-25)37(31)29-20-18-27(19-21-29)35-26-14-8-4-9-15-26/h3-21,33,35H,22-24H2,1-2H3. The third kappa shape index (κ3) is 4.70. The van der Waals surface area contributed by atoms with Crippen LogP contribution in [0.5, 0.6) is 0 Å². The molecule has 0 spiro atoms. The maximum Gasteiger partial charge on any atom is 0.162 e. The van der Waals surface area contributed by atoms with E-state index >= 15 is 0 Å². The van der Waals surface area contributed by atoms with Crippen LogP contribution >= 0.6 is 0 Å². The predicted molar refractivity (Wildman–Crippen MR) is 157 cm³/mol. The Labute approximate surface area is 225 Å². The molecule has 0 aromatic heterocycles. The molecular formula is C34H33N3O. The number of Topliss-reactive ketones (excluding diaryl/α,β-unsaturated/α-hetero) is 1. The molecular weight excluding hydrogens is 466 g/mol. The lowest BCUT2D eigenvalue weighted by molar-refractivity contribution is -0.118. The van der Waals surface area contributed by atoms with Gasteiger partial charge in [0.1, 0.15) is 6.17 Å². The summed E-state index contributed by atoms with van der Waals surface area (Å²) in [6, 6.07) is 39.9. The van der Waals surface area contributed by atoms with Crippen LogP contribution in [0.4, 0.5) is 22.7 Å². The van der Waals surface area contributed by atoms with Crippen molar-refractivity contribution in [3.8, 4) is 0 Å². The van der Waals surface area contributed by atoms with Crippen molar-refractivity contribution in [2.75, 3.05) is 21.7 Å². The van der Waals surface area contributed by atoms with Crippen LogP contribution in [-0.2, 0) is 4.79 Å². The smallest absolute Gasteiger partial charge is 0.162 e. The van der Waals surface area contributed by atoms with E-state index in [2.05, 4.69) is 120 Å². The van der Waals surface area contributed by atoms with Gasteiger partial charge in [-0.2, -0.15) is 0 Å². The first-order valence-electron chi connectivity index (χ1n) is 13.3. The minimum absolute atomic E-state index is 0.0769. The minimum Gasteiger partial charge on any atom is -0.356 e. The number of rotatable bonds is 5. The number of hydrogen-bond acceptors (Lipinski definition) is 4. The number of anilines is 4. The van der Waals surface area contributed by atoms with Crippen molar-refractivity contribution in [3.63, 3.8) is 0 Å². The van der Waals surface area contributed by atoms with Crippen LogP contribution in [0.15, 0.2) is 127 Å². The van der Waals surface area contributed by atoms with Crippen LogP contribution in [0.3, 0.4) is 0 Å². The highest BCUT2D eigenvalue weighted by Crippen LogP contribution is 2.48. The third-order valence-corrected chi connectivity index (χ3v) is 7.52. The van der Waals surface area contributed by atoms with Gasteiger partial charge in [-0.1, -0.05) is 80.6 Å². The maximum atomic E-state index is 13.6. The van der Waals surface area contributed by atoms with Gasteiger partial charge in [-0.05, 0) is 65.9 Å². The summed E-state index contributed by atoms with van der Waals surface area (Å²) in [6.07, 6.45) is 1.37. The molecule has 0 amide bonds. The fourth-order valence-electron chi connectivity index (χ4n) is 5.78. The summed E-state index contributed by atoms with van der Waals surface area (Å²) in [5, 5.41) is 3.49. The average Bonchev–Trinajstić information content (AvgIpc) is 2.94. The molecule has 0 saturated heterocycles. The highest BCUT2D eigenvalue weighted by Gasteiger charge is 2.43. The van der Waals surface area contributed by atoms with Gasteiger partial charge < -0.3 is 15.1 Å². The van der Waals surface area contributed by atoms with E-state index in [4.69, 9.17) is 0 Å². The Kier molecular flexibility index (Phi) is 6.24. The third-order valence-electron chi connectivity index (χ3n) is 7.52. The lowest BCUT2D eigenvalue weighted by Gasteiger charge is -2.51. The predicted octanol–water partition coefficient (Wildman–Crippen LogP) is 8.10. The number of para-hydroxylation sites is 2. The van der Waals surface area contributed by atoms with E-state index in [1.165, 1.54) is 5.56 Å². The van der Waals surface area contributed by atoms with Crippen LogP contribution in [-0.4, -0.2) is 12.3 Å². The average molecular weight is 500 g/mol. The zero-order valence-corrected chi connectivity index (χ0v) is 22.0. The normalized spacial score (nSPS) is 18.8. The first kappa shape index (κ1) is 24.1. The molecule has 4 aromatic carbocycles. The highest BCUT2D eigenvalue weighted by atomic mass is 16.1. The Morgan fingerprint density at radius 1 is 0.684 bits per heavy atom. The molecule has 1 aliphatic carbocycles. The Hall–Kier alpha value is -4.31. The zero-order chi connectivity index (χ0) is 26.1. The second-order valence-electron chi connectivity index (χ2n) is 11.0. The summed E-state index contributed by atoms with van der Waals surface area (Å²) in [6.45, 7) is 5.03. The number of ketones is 1. The molecule has 0 bridgehead atoms. The van der Waals surface area contributed by atoms with Crippen molar-refractivity contribution in [1.82, 2.24) is 0 Å². The van der Waals surface area contributed by atoms with E-state index in [0.29, 0.717) is 13.0 Å². The van der Waals surface area contributed by atoms with Crippen molar-refractivity contribution in [1.29, 1.82) is 0 Å². The zero-order valence-electron chi connectivity index (χ0n) is 22.0. The van der Waals surface area contributed by atoms with Crippen molar-refractivity contribution < 1.29 is 4.79 Å². The van der Waals surface area contributed by atoms with E-state index < -0.39 is 0 Å². The van der Waals surface area contributed by atoms with Gasteiger partial charge in [0.15, 0.2) is 5.78 Å². The minimum atomic E-state index is -0.0842. The van der Waals surface area contributed by atoms with Crippen molar-refractivity contribution >= 4 is 28.5 Å². The lowest BCUT2D eigenvalue weighted by Crippen LogP contribution is -2.51. The monoisotopic (exact) mass is 499 g/mol. The molecule has 1 unspecified atom stereocenters. The largest absolute Gasteiger partial charge is 0.356 e. The van der Waals surface area contributed by atoms with Gasteiger partial charge in [0.05, 0.1) is 6.54 Å². The number of carbonyl (C=O) groups excluding carboxylic acids is 1. The van der Waals surface area contributed by atoms with Gasteiger partial charge in [-0.15, -0.1) is 0 Å². The molecule has 6 rings (SSSR count). The summed E-state index contributed by atoms with van der Waals surface area (Å²) < 4.78 is 0. The molecule has 1 N–H and O–H groups in total. The number of hydrogen-bond donors (Lipinski definition) is 1. The molecule has 190 valence electrons. The quantitative estimate of drug-likeness (QED) is 0.301. The highest BCUT2D eigenvalue weighted by molar-refractivity contribution is 6.00. The summed E-state index contributed by atoms with van der Waals surface area (Å²) in [7, 11) is 0. The van der Waals surface area contributed by atoms with Crippen LogP contribution < -0.4 is 15.1 Å². The second kappa shape index (κ2) is 9.86. The molecule has 0 radical (unpaired) electrons. The van der Waals surface area contributed by atoms with Gasteiger partial charge in [0.25, 0.3) is 0 Å². The van der Waals surface area contributed by atoms with E-state index in [0.717, 1.165) is 40.4 Å². The molecule has 4 heteroatoms. The Morgan fingerprint density at radius 2 is 1.26 bits per heavy atom. The maximum absolute atomic E-state index is 13.6. The van der Waals surface area contributed by atoms with Crippen molar-refractivity contribution in [2.45, 2.75) is 32.9 Å². The Morgan fingerprint density at radius 3 is 1.92 bits per heavy atom. The summed E-state index contributed by atoms with van der Waals surface area (Å²) in [5.41, 5.74) is 7.48. The summed E-state index contributed by atoms with van der Waals surface area (Å²) >= 11 is 0. The van der Waals surface area contributed by atoms with E-state index in [1.54, 1.807) is 0 Å². The van der Waals surface area contributed by atoms with Crippen LogP contribution in [0.25, 0.3) is 0 Å². The fourth-order valence-corrected chi connectivity index (χ4v) is 5.78. The number of carbonyl (C=O) groups is 1. The molecule has 1 aliphatic heterocycles. The first-order valence-corrected chi connectivity index (χ1v) is 13.3. The van der Waals surface area contributed by atoms with E-state index in [-0.39, 0.29) is 17.4 Å². The SMILES string of the molecule is CC1(C)CC(=O)C2=C(C1)N(c1ccc(Nc3ccccc3)cc1)C(c1ccccc1)N(c1ccccc1)C2. The van der Waals surface area contributed by atoms with E-state index in [1.807, 2.05) is 24.3 Å². The van der Waals surface area contributed by atoms with Crippen molar-refractivity contribution in [2.24, 2.45) is 5.41 Å². The van der Waals surface area contributed by atoms with Gasteiger partial charge in [0, 0.05) is 40.4 Å². The number of allylic oxidation sites excluding steroid dienone is 1. The molecule has 38 heavy (non-hydrogen) atoms. The first-order chi connectivity index (χ1) is 18.5. The van der Waals surface area contributed by atoms with E-state index in [9.17, 15) is 4.79 Å². The molecule has 0 fully saturated rings. The van der Waals surface area contributed by atoms with Crippen LogP contribution in [0, 0.1) is 5.41 Å². The van der Waals surface area contributed by atoms with Crippen LogP contribution in [0.1, 0.15) is 38.4 Å². The molecule has 1 atom stereocenters. The van der Waals surface area contributed by atoms with Gasteiger partial charge >= 0.3 is 0 Å². The molecule has 0 saturated carbocycles. The van der Waals surface area contributed by atoms with Crippen LogP contribution in [0.2, 0.25) is 0 Å². The number of benzene rings is 4. The Balaban J connectivity index is 1.49. The lowest BCUT2D eigenvalue weighted by atomic mass is 9.74. The van der Waals surface area contributed by atoms with Gasteiger partial charge in [-0.3, -0.25) is 4.79 Å². The fraction of sp³-hybridized carbons (Fsp3) is 0.206. The summed E-state index contributed by atoms with van der Waals surface area (Å²) in [5.74, 6) is 0.260. The molecule has 1 heterocycles. The second-order valence-corrected chi connectivity index (χ2v) is 11.0. The molecule has 2 aliphatic rings. The molecule has 4 nitrogen and oxygen atoms in total. The van der Waals surface area contributed by atoms with Crippen molar-refractivity contribution in [3.05, 3.63) is 132 Å². The topological polar surface area (TPSA) is 35.6 Å². The number of nitrogens with zero attached hydrogens (tertiary/aromatic N) is 2. The number of nitrogens with one attached hydrogen (secondary N) is 1. The Bertz CT molecular complexity index is 1440.